The minimum absolute atomic E-state index is 0.0683. The summed E-state index contributed by atoms with van der Waals surface area (Å²) in [4.78, 5) is 64.0. The minimum atomic E-state index is -5.39. The van der Waals surface area contributed by atoms with Crippen LogP contribution in [0.15, 0.2) is 37.7 Å². The number of rotatable bonds is 6. The third kappa shape index (κ3) is 4.65. The average Bonchev–Trinajstić information content (AvgIpc) is 3.77. The van der Waals surface area contributed by atoms with Crippen LogP contribution in [-0.2, 0) is 32.7 Å². The maximum absolute atomic E-state index is 14.0. The number of esters is 1. The summed E-state index contributed by atoms with van der Waals surface area (Å²) in [7, 11) is 1.31. The number of ether oxygens (including phenoxy) is 2. The Hall–Kier alpha value is -4.45. The van der Waals surface area contributed by atoms with Crippen LogP contribution in [0.3, 0.4) is 0 Å². The number of hydrogen-bond acceptors (Lipinski definition) is 11. The summed E-state index contributed by atoms with van der Waals surface area (Å²) >= 11 is 0. The first-order valence-electron chi connectivity index (χ1n) is 13.0. The molecule has 3 aliphatic rings. The fraction of sp³-hybridized carbons (Fsp3) is 0.500. The van der Waals surface area contributed by atoms with Crippen LogP contribution in [0.25, 0.3) is 11.2 Å². The Morgan fingerprint density at radius 2 is 1.93 bits per heavy atom. The van der Waals surface area contributed by atoms with E-state index in [1.54, 1.807) is 4.90 Å². The van der Waals surface area contributed by atoms with Crippen LogP contribution in [0.5, 0.6) is 0 Å². The van der Waals surface area contributed by atoms with Gasteiger partial charge in [0.25, 0.3) is 17.7 Å². The molecule has 6 heterocycles. The summed E-state index contributed by atoms with van der Waals surface area (Å²) in [6, 6.07) is 0. The molecule has 0 spiro atoms. The van der Waals surface area contributed by atoms with Crippen molar-refractivity contribution in [2.24, 2.45) is 7.05 Å². The molecule has 0 saturated carbocycles. The molecule has 1 atom stereocenters. The van der Waals surface area contributed by atoms with Crippen molar-refractivity contribution in [3.63, 3.8) is 0 Å². The second-order valence-electron chi connectivity index (χ2n) is 9.86. The third-order valence-corrected chi connectivity index (χ3v) is 7.41. The molecule has 0 aliphatic carbocycles. The zero-order chi connectivity index (χ0) is 29.8. The number of carbonyl (C=O) groups is 2. The molecule has 6 rings (SSSR count). The largest absolute Gasteiger partial charge is 0.491 e. The number of aryl methyl sites for hydroxylation is 1. The number of hydrogen-bond donors (Lipinski definition) is 1. The number of halogens is 3. The van der Waals surface area contributed by atoms with Gasteiger partial charge in [0.1, 0.15) is 12.8 Å². The zero-order valence-electron chi connectivity index (χ0n) is 22.2. The molecule has 0 aromatic carbocycles. The van der Waals surface area contributed by atoms with Crippen LogP contribution in [-0.4, -0.2) is 92.6 Å². The van der Waals surface area contributed by atoms with E-state index in [4.69, 9.17) is 13.9 Å². The van der Waals surface area contributed by atoms with Crippen molar-refractivity contribution in [1.29, 1.82) is 0 Å². The molecule has 1 amide bonds. The predicted octanol–water partition coefficient (Wildman–Crippen LogP) is -0.537. The van der Waals surface area contributed by atoms with E-state index in [-0.39, 0.29) is 30.2 Å². The van der Waals surface area contributed by atoms with Crippen molar-refractivity contribution in [1.82, 2.24) is 33.9 Å². The number of anilines is 1. The van der Waals surface area contributed by atoms with E-state index in [2.05, 4.69) is 15.3 Å². The topological polar surface area (TPSA) is 159 Å². The number of morpholine rings is 1. The second kappa shape index (κ2) is 10.4. The van der Waals surface area contributed by atoms with E-state index in [0.29, 0.717) is 43.8 Å². The molecule has 3 aromatic heterocycles. The lowest BCUT2D eigenvalue weighted by atomic mass is 10.2. The van der Waals surface area contributed by atoms with Crippen molar-refractivity contribution < 1.29 is 36.7 Å². The average molecular weight is 595 g/mol. The highest BCUT2D eigenvalue weighted by atomic mass is 19.4. The summed E-state index contributed by atoms with van der Waals surface area (Å²) in [6.07, 6.45) is -4.63. The molecule has 0 radical (unpaired) electrons. The fourth-order valence-corrected chi connectivity index (χ4v) is 5.35. The predicted molar refractivity (Wildman–Crippen MR) is 135 cm³/mol. The van der Waals surface area contributed by atoms with E-state index in [1.807, 2.05) is 0 Å². The van der Waals surface area contributed by atoms with Crippen molar-refractivity contribution in [3.05, 3.63) is 50.5 Å². The number of oxazole rings is 1. The number of alkyl halides is 3. The number of imidazole rings is 1. The van der Waals surface area contributed by atoms with Crippen molar-refractivity contribution in [3.8, 4) is 0 Å². The van der Waals surface area contributed by atoms with E-state index in [1.165, 1.54) is 11.9 Å². The number of fused-ring (bicyclic) bond motifs is 1. The molecule has 1 fully saturated rings. The maximum Gasteiger partial charge on any atom is 0.491 e. The van der Waals surface area contributed by atoms with Crippen LogP contribution >= 0.6 is 0 Å². The molecule has 3 aromatic rings. The molecule has 0 bridgehead atoms. The lowest BCUT2D eigenvalue weighted by Crippen LogP contribution is -2.47. The van der Waals surface area contributed by atoms with Gasteiger partial charge in [0.05, 0.1) is 19.4 Å². The summed E-state index contributed by atoms with van der Waals surface area (Å²) in [5, 5.41) is 3.19. The molecule has 1 unspecified atom stereocenters. The Bertz CT molecular complexity index is 1700. The monoisotopic (exact) mass is 594 g/mol. The summed E-state index contributed by atoms with van der Waals surface area (Å²) < 4.78 is 58.3. The second-order valence-corrected chi connectivity index (χ2v) is 9.86. The highest BCUT2D eigenvalue weighted by Gasteiger charge is 2.45. The zero-order valence-corrected chi connectivity index (χ0v) is 22.2. The van der Waals surface area contributed by atoms with Crippen LogP contribution in [0.4, 0.5) is 19.1 Å². The van der Waals surface area contributed by atoms with Gasteiger partial charge in [-0.25, -0.2) is 19.1 Å². The van der Waals surface area contributed by atoms with Gasteiger partial charge < -0.3 is 29.0 Å². The van der Waals surface area contributed by atoms with E-state index in [0.717, 1.165) is 32.9 Å². The van der Waals surface area contributed by atoms with Gasteiger partial charge in [-0.3, -0.25) is 18.7 Å². The number of carbonyl (C=O) groups excluding carboxylic acids is 2. The van der Waals surface area contributed by atoms with Gasteiger partial charge in [0.2, 0.25) is 11.9 Å². The van der Waals surface area contributed by atoms with Crippen LogP contribution < -0.4 is 21.5 Å². The highest BCUT2D eigenvalue weighted by molar-refractivity contribution is 5.79. The number of aromatic nitrogens is 5. The number of nitrogens with zero attached hydrogens (tertiary/aromatic N) is 7. The van der Waals surface area contributed by atoms with Gasteiger partial charge in [-0.2, -0.15) is 18.2 Å². The molecule has 3 aliphatic heterocycles. The van der Waals surface area contributed by atoms with Gasteiger partial charge in [0.15, 0.2) is 11.2 Å². The minimum Gasteiger partial charge on any atom is -0.444 e. The molecule has 1 saturated heterocycles. The number of nitrogens with one attached hydrogen (secondary N) is 1. The van der Waals surface area contributed by atoms with Crippen LogP contribution in [0.1, 0.15) is 18.5 Å². The van der Waals surface area contributed by atoms with Gasteiger partial charge in [-0.05, 0) is 12.0 Å². The Morgan fingerprint density at radius 1 is 1.17 bits per heavy atom. The van der Waals surface area contributed by atoms with E-state index >= 15 is 0 Å². The Morgan fingerprint density at radius 3 is 2.62 bits per heavy atom. The van der Waals surface area contributed by atoms with Crippen LogP contribution in [0.2, 0.25) is 0 Å². The first kappa shape index (κ1) is 27.7. The first-order chi connectivity index (χ1) is 20.1. The molecule has 1 N–H and O–H groups in total. The van der Waals surface area contributed by atoms with Crippen molar-refractivity contribution in [2.75, 3.05) is 50.8 Å². The standard InChI is InChI=1S/C24H25F3N8O7/c1-31-17-16(19(37)34(23(31)39)12-15(36)32-5-8-40-9-6-32)35(22(30-17)33-4-2-13-10-28-11-14(13)33)20(18-29-3-7-41-18)42-21(38)24(25,26)27/h3,7,20,28H,2,4-6,8-12H2,1H3. The van der Waals surface area contributed by atoms with E-state index < -0.39 is 48.0 Å². The molecular formula is C24H25F3N8O7. The lowest BCUT2D eigenvalue weighted by molar-refractivity contribution is -0.207. The third-order valence-electron chi connectivity index (χ3n) is 7.41. The maximum atomic E-state index is 14.0. The molecule has 224 valence electrons. The van der Waals surface area contributed by atoms with Gasteiger partial charge in [-0.1, -0.05) is 0 Å². The Balaban J connectivity index is 1.58. The summed E-state index contributed by atoms with van der Waals surface area (Å²) in [5.74, 6) is -3.63. The molecule has 42 heavy (non-hydrogen) atoms. The molecule has 15 nitrogen and oxygen atoms in total. The van der Waals surface area contributed by atoms with Gasteiger partial charge >= 0.3 is 17.8 Å². The summed E-state index contributed by atoms with van der Waals surface area (Å²) in [5.41, 5.74) is -0.654. The Kier molecular flexibility index (Phi) is 6.88. The molecular weight excluding hydrogens is 569 g/mol. The highest BCUT2D eigenvalue weighted by Crippen LogP contribution is 2.36. The van der Waals surface area contributed by atoms with Gasteiger partial charge in [-0.15, -0.1) is 0 Å². The fourth-order valence-electron chi connectivity index (χ4n) is 5.35. The summed E-state index contributed by atoms with van der Waals surface area (Å²) in [6.45, 7) is 1.83. The SMILES string of the molecule is Cn1c(=O)n(CC(=O)N2CCOCC2)c(=O)c2c1nc(N1CCC3=C1CNC3)n2C(OC(=O)C(F)(F)F)c1ncco1. The van der Waals surface area contributed by atoms with E-state index in [9.17, 15) is 32.3 Å². The van der Waals surface area contributed by atoms with Crippen molar-refractivity contribution >= 4 is 29.0 Å². The first-order valence-corrected chi connectivity index (χ1v) is 13.0. The Labute approximate surface area is 233 Å². The number of amides is 1. The van der Waals surface area contributed by atoms with Crippen LogP contribution in [0, 0.1) is 0 Å². The van der Waals surface area contributed by atoms with Crippen molar-refractivity contribution in [2.45, 2.75) is 25.4 Å². The van der Waals surface area contributed by atoms with Gasteiger partial charge in [0, 0.05) is 45.5 Å². The smallest absolute Gasteiger partial charge is 0.444 e. The quantitative estimate of drug-likeness (QED) is 0.366. The lowest BCUT2D eigenvalue weighted by Gasteiger charge is -2.27. The normalized spacial score (nSPS) is 18.2. The molecule has 18 heteroatoms.